The van der Waals surface area contributed by atoms with Gasteiger partial charge in [0.2, 0.25) is 0 Å². The van der Waals surface area contributed by atoms with Crippen molar-refractivity contribution in [2.45, 2.75) is 36.5 Å². The van der Waals surface area contributed by atoms with Crippen molar-refractivity contribution in [1.82, 2.24) is 9.80 Å². The second kappa shape index (κ2) is 8.90. The predicted octanol–water partition coefficient (Wildman–Crippen LogP) is 1.60. The maximum atomic E-state index is 13.0. The second-order valence-corrected chi connectivity index (χ2v) is 11.4. The van der Waals surface area contributed by atoms with Gasteiger partial charge in [-0.3, -0.25) is 20.1 Å². The van der Waals surface area contributed by atoms with Crippen LogP contribution in [0.2, 0.25) is 0 Å². The van der Waals surface area contributed by atoms with Crippen molar-refractivity contribution >= 4 is 27.5 Å². The second-order valence-electron chi connectivity index (χ2n) is 9.31. The van der Waals surface area contributed by atoms with E-state index in [2.05, 4.69) is 4.89 Å². The van der Waals surface area contributed by atoms with Crippen LogP contribution in [0.5, 0.6) is 0 Å². The van der Waals surface area contributed by atoms with Crippen molar-refractivity contribution in [1.29, 1.82) is 0 Å². The summed E-state index contributed by atoms with van der Waals surface area (Å²) in [6.45, 7) is 1.55. The minimum atomic E-state index is -3.66. The number of anilines is 1. The zero-order valence-corrected chi connectivity index (χ0v) is 19.9. The van der Waals surface area contributed by atoms with Crippen LogP contribution in [0.15, 0.2) is 48.5 Å². The summed E-state index contributed by atoms with van der Waals surface area (Å²) < 4.78 is 25.4. The fourth-order valence-electron chi connectivity index (χ4n) is 4.32. The Balaban J connectivity index is 1.23. The molecule has 10 nitrogen and oxygen atoms in total. The van der Waals surface area contributed by atoms with Crippen LogP contribution in [-0.2, 0) is 19.7 Å². The molecule has 5 rings (SSSR count). The van der Waals surface area contributed by atoms with Gasteiger partial charge in [0.1, 0.15) is 5.69 Å². The van der Waals surface area contributed by atoms with E-state index in [0.29, 0.717) is 61.9 Å². The molecule has 35 heavy (non-hydrogen) atoms. The molecule has 0 unspecified atom stereocenters. The number of rotatable bonds is 7. The van der Waals surface area contributed by atoms with Gasteiger partial charge in [0.15, 0.2) is 5.60 Å². The highest BCUT2D eigenvalue weighted by atomic mass is 32.2. The lowest BCUT2D eigenvalue weighted by Gasteiger charge is -2.36. The summed E-state index contributed by atoms with van der Waals surface area (Å²) in [6, 6.07) is 13.8. The van der Waals surface area contributed by atoms with Crippen molar-refractivity contribution in [2.75, 3.05) is 30.6 Å². The Morgan fingerprint density at radius 1 is 0.971 bits per heavy atom. The molecular formula is C24H28N3O7S+. The number of benzene rings is 2. The summed E-state index contributed by atoms with van der Waals surface area (Å²) in [6.07, 6.45) is 2.20. The summed E-state index contributed by atoms with van der Waals surface area (Å²) in [5.41, 5.74) is 1.26. The number of hydrogen-bond acceptors (Lipinski definition) is 6. The van der Waals surface area contributed by atoms with Gasteiger partial charge in [-0.25, -0.2) is 13.3 Å². The molecule has 0 atom stereocenters. The molecule has 3 N–H and O–H groups in total. The Kier molecular flexibility index (Phi) is 6.04. The number of sulfonamides is 1. The van der Waals surface area contributed by atoms with Crippen molar-refractivity contribution < 1.29 is 33.4 Å². The molecule has 1 saturated heterocycles. The van der Waals surface area contributed by atoms with E-state index in [1.165, 1.54) is 0 Å². The third-order valence-electron chi connectivity index (χ3n) is 6.87. The Bertz CT molecular complexity index is 1230. The van der Waals surface area contributed by atoms with E-state index >= 15 is 0 Å². The van der Waals surface area contributed by atoms with Gasteiger partial charge in [0.25, 0.3) is 21.8 Å². The first-order chi connectivity index (χ1) is 16.7. The molecule has 2 aliphatic carbocycles. The van der Waals surface area contributed by atoms with Crippen LogP contribution in [0.1, 0.15) is 36.0 Å². The number of carbonyl (C=O) groups excluding carboxylic acids is 2. The van der Waals surface area contributed by atoms with Crippen LogP contribution in [0, 0.1) is 0 Å². The summed E-state index contributed by atoms with van der Waals surface area (Å²) in [4.78, 5) is 33.2. The molecule has 186 valence electrons. The highest BCUT2D eigenvalue weighted by Gasteiger charge is 2.54. The average molecular weight is 503 g/mol. The van der Waals surface area contributed by atoms with Crippen LogP contribution >= 0.6 is 0 Å². The molecule has 1 heterocycles. The Morgan fingerprint density at radius 2 is 1.60 bits per heavy atom. The van der Waals surface area contributed by atoms with Gasteiger partial charge in [0.05, 0.1) is 5.25 Å². The molecule has 3 aliphatic rings. The van der Waals surface area contributed by atoms with E-state index in [9.17, 15) is 18.0 Å². The zero-order chi connectivity index (χ0) is 24.8. The van der Waals surface area contributed by atoms with E-state index in [1.807, 2.05) is 6.07 Å². The van der Waals surface area contributed by atoms with Gasteiger partial charge in [-0.15, -0.1) is 0 Å². The average Bonchev–Trinajstić information content (AvgIpc) is 3.81. The first-order valence-corrected chi connectivity index (χ1v) is 13.1. The van der Waals surface area contributed by atoms with Gasteiger partial charge in [-0.2, -0.15) is 0 Å². The van der Waals surface area contributed by atoms with Crippen LogP contribution in [-0.4, -0.2) is 77.5 Å². The highest BCUT2D eigenvalue weighted by Crippen LogP contribution is 2.40. The summed E-state index contributed by atoms with van der Waals surface area (Å²) in [5.74, 6) is -0.361. The molecule has 0 spiro atoms. The molecule has 2 saturated carbocycles. The number of hydrogen-bond donors (Lipinski definition) is 1. The molecule has 0 bridgehead atoms. The Labute approximate surface area is 203 Å². The van der Waals surface area contributed by atoms with Gasteiger partial charge in [-0.05, 0) is 65.5 Å². The Hall–Kier alpha value is -2.99. The fourth-order valence-corrected chi connectivity index (χ4v) is 5.76. The third kappa shape index (κ3) is 4.52. The maximum absolute atomic E-state index is 13.0. The normalized spacial score (nSPS) is 19.4. The van der Waals surface area contributed by atoms with Gasteiger partial charge in [-0.1, -0.05) is 24.3 Å². The summed E-state index contributed by atoms with van der Waals surface area (Å²) in [7, 11) is -3.66. The van der Waals surface area contributed by atoms with Crippen LogP contribution in [0.4, 0.5) is 5.69 Å². The quantitative estimate of drug-likeness (QED) is 0.348. The van der Waals surface area contributed by atoms with E-state index in [-0.39, 0.29) is 17.5 Å². The van der Waals surface area contributed by atoms with Crippen molar-refractivity contribution in [3.05, 3.63) is 54.1 Å². The molecule has 2 aromatic rings. The minimum Gasteiger partial charge on any atom is -0.337 e. The molecule has 3 fully saturated rings. The lowest BCUT2D eigenvalue weighted by Crippen LogP contribution is -2.53. The lowest BCUT2D eigenvalue weighted by atomic mass is 10.0. The van der Waals surface area contributed by atoms with E-state index < -0.39 is 20.9 Å². The summed E-state index contributed by atoms with van der Waals surface area (Å²) >= 11 is 0. The molecule has 2 aromatic carbocycles. The van der Waals surface area contributed by atoms with Crippen LogP contribution in [0.25, 0.3) is 11.1 Å². The van der Waals surface area contributed by atoms with Crippen molar-refractivity contribution in [3.63, 3.8) is 0 Å². The van der Waals surface area contributed by atoms with Crippen LogP contribution in [0.3, 0.4) is 0 Å². The molecule has 1 aliphatic heterocycles. The topological polar surface area (TPSA) is 130 Å². The fraction of sp³-hybridized carbons (Fsp3) is 0.417. The van der Waals surface area contributed by atoms with Crippen molar-refractivity contribution in [3.8, 4) is 11.1 Å². The monoisotopic (exact) mass is 502 g/mol. The van der Waals surface area contributed by atoms with Gasteiger partial charge >= 0.3 is 0 Å². The Morgan fingerprint density at radius 3 is 2.17 bits per heavy atom. The minimum absolute atomic E-state index is 0.134. The van der Waals surface area contributed by atoms with E-state index in [1.54, 1.807) is 52.3 Å². The molecule has 11 heteroatoms. The van der Waals surface area contributed by atoms with E-state index in [4.69, 9.17) is 10.5 Å². The van der Waals surface area contributed by atoms with Crippen LogP contribution < -0.4 is 4.47 Å². The largest absolute Gasteiger partial charge is 0.337 e. The number of piperazine rings is 1. The molecule has 0 aromatic heterocycles. The molecule has 0 radical (unpaired) electrons. The molecular weight excluding hydrogens is 474 g/mol. The van der Waals surface area contributed by atoms with Gasteiger partial charge < -0.3 is 9.80 Å². The number of nitrogens with zero attached hydrogens (tertiary/aromatic N) is 3. The standard InChI is InChI=1S/C24H27N3O7S/c28-22(25-12-14-26(15-13-25)23(29)24(34-31)10-11-24)18-6-4-17(5-7-18)19-2-1-3-20(16-19)27(30)35(32,33)21-8-9-21/h1-7,16,21,30-31H,8-15H2/p+1. The number of carbonyl (C=O) groups is 2. The summed E-state index contributed by atoms with van der Waals surface area (Å²) in [5, 5.41) is 16.6. The van der Waals surface area contributed by atoms with Gasteiger partial charge in [0, 0.05) is 31.7 Å². The predicted molar refractivity (Wildman–Crippen MR) is 128 cm³/mol. The highest BCUT2D eigenvalue weighted by molar-refractivity contribution is 7.93. The molecule has 2 amide bonds. The first kappa shape index (κ1) is 23.7. The third-order valence-corrected chi connectivity index (χ3v) is 8.90. The maximum Gasteiger partial charge on any atom is 0.295 e. The smallest absolute Gasteiger partial charge is 0.295 e. The zero-order valence-electron chi connectivity index (χ0n) is 19.1. The number of amides is 2. The SMILES string of the molecule is O=C(c1ccc(-c2cccc(N([OH2+])S(=O)(=O)C3CC3)c2)cc1)N1CCN(C(=O)C2(OO)CC2)CC1. The lowest BCUT2D eigenvalue weighted by molar-refractivity contribution is -0.285. The van der Waals surface area contributed by atoms with Crippen molar-refractivity contribution in [2.24, 2.45) is 0 Å². The van der Waals surface area contributed by atoms with E-state index in [0.717, 1.165) is 11.1 Å². The first-order valence-electron chi connectivity index (χ1n) is 11.6.